The van der Waals surface area contributed by atoms with Gasteiger partial charge in [0.05, 0.1) is 19.3 Å². The van der Waals surface area contributed by atoms with Crippen molar-refractivity contribution in [2.45, 2.75) is 6.10 Å². The van der Waals surface area contributed by atoms with Crippen LogP contribution >= 0.6 is 0 Å². The third-order valence-electron chi connectivity index (χ3n) is 3.58. The molecule has 9 heteroatoms. The van der Waals surface area contributed by atoms with E-state index in [2.05, 4.69) is 0 Å². The Morgan fingerprint density at radius 2 is 1.96 bits per heavy atom. The number of hydrogen-bond acceptors (Lipinski definition) is 4. The third-order valence-corrected chi connectivity index (χ3v) is 3.58. The van der Waals surface area contributed by atoms with Crippen LogP contribution in [0, 0.1) is 17.5 Å². The van der Waals surface area contributed by atoms with Crippen LogP contribution in [0.5, 0.6) is 0 Å². The van der Waals surface area contributed by atoms with Crippen LogP contribution in [-0.4, -0.2) is 72.7 Å². The lowest BCUT2D eigenvalue weighted by Gasteiger charge is -2.34. The molecule has 1 aliphatic rings. The zero-order valence-electron chi connectivity index (χ0n) is 13.0. The highest BCUT2D eigenvalue weighted by Gasteiger charge is 2.27. The molecule has 1 saturated heterocycles. The minimum atomic E-state index is -1.62. The fourth-order valence-corrected chi connectivity index (χ4v) is 2.52. The van der Waals surface area contributed by atoms with Crippen molar-refractivity contribution in [3.8, 4) is 0 Å². The number of rotatable bonds is 5. The van der Waals surface area contributed by atoms with E-state index in [1.807, 2.05) is 0 Å². The number of carbonyl (C=O) groups excluding carboxylic acids is 1. The monoisotopic (exact) mass is 346 g/mol. The van der Waals surface area contributed by atoms with E-state index in [0.717, 1.165) is 0 Å². The minimum absolute atomic E-state index is 0.142. The van der Waals surface area contributed by atoms with Crippen molar-refractivity contribution in [3.63, 3.8) is 0 Å². The van der Waals surface area contributed by atoms with Gasteiger partial charge < -0.3 is 14.7 Å². The van der Waals surface area contributed by atoms with Gasteiger partial charge in [0.2, 0.25) is 0 Å². The van der Waals surface area contributed by atoms with Crippen LogP contribution in [-0.2, 0) is 9.53 Å². The van der Waals surface area contributed by atoms with Crippen molar-refractivity contribution >= 4 is 11.9 Å². The summed E-state index contributed by atoms with van der Waals surface area (Å²) >= 11 is 0. The summed E-state index contributed by atoms with van der Waals surface area (Å²) in [7, 11) is 1.60. The lowest BCUT2D eigenvalue weighted by molar-refractivity contribution is -0.138. The van der Waals surface area contributed by atoms with E-state index in [-0.39, 0.29) is 38.3 Å². The molecular formula is C15H17F3N2O4. The van der Waals surface area contributed by atoms with Gasteiger partial charge in [-0.2, -0.15) is 0 Å². The Labute approximate surface area is 136 Å². The molecule has 6 nitrogen and oxygen atoms in total. The highest BCUT2D eigenvalue weighted by Crippen LogP contribution is 2.17. The molecule has 1 N–H and O–H groups in total. The molecule has 1 atom stereocenters. The van der Waals surface area contributed by atoms with Gasteiger partial charge in [-0.05, 0) is 19.2 Å². The summed E-state index contributed by atoms with van der Waals surface area (Å²) in [6, 6.07) is 1.31. The maximum atomic E-state index is 13.3. The van der Waals surface area contributed by atoms with Gasteiger partial charge in [-0.3, -0.25) is 14.5 Å². The zero-order valence-corrected chi connectivity index (χ0v) is 13.0. The number of morpholine rings is 1. The molecule has 0 aliphatic carbocycles. The number of carboxylic acid groups (broad SMARTS) is 1. The number of benzene rings is 1. The largest absolute Gasteiger partial charge is 0.480 e. The second-order valence-electron chi connectivity index (χ2n) is 5.59. The van der Waals surface area contributed by atoms with Crippen molar-refractivity contribution in [1.29, 1.82) is 0 Å². The first kappa shape index (κ1) is 18.2. The molecule has 0 spiro atoms. The fourth-order valence-electron chi connectivity index (χ4n) is 2.52. The lowest BCUT2D eigenvalue weighted by Crippen LogP contribution is -2.49. The highest BCUT2D eigenvalue weighted by molar-refractivity contribution is 5.94. The Morgan fingerprint density at radius 1 is 1.33 bits per heavy atom. The number of nitrogens with zero attached hydrogens (tertiary/aromatic N) is 2. The van der Waals surface area contributed by atoms with Crippen LogP contribution in [0.25, 0.3) is 0 Å². The molecule has 0 bridgehead atoms. The molecule has 1 unspecified atom stereocenters. The van der Waals surface area contributed by atoms with Crippen LogP contribution < -0.4 is 0 Å². The minimum Gasteiger partial charge on any atom is -0.480 e. The van der Waals surface area contributed by atoms with Gasteiger partial charge in [0.1, 0.15) is 0 Å². The summed E-state index contributed by atoms with van der Waals surface area (Å²) in [6.07, 6.45) is -0.429. The first-order chi connectivity index (χ1) is 11.3. The van der Waals surface area contributed by atoms with E-state index in [9.17, 15) is 22.8 Å². The molecule has 24 heavy (non-hydrogen) atoms. The summed E-state index contributed by atoms with van der Waals surface area (Å²) in [4.78, 5) is 25.9. The van der Waals surface area contributed by atoms with Gasteiger partial charge in [0.25, 0.3) is 5.91 Å². The molecule has 0 aromatic heterocycles. The predicted octanol–water partition coefficient (Wildman–Crippen LogP) is 0.961. The molecule has 1 aromatic rings. The van der Waals surface area contributed by atoms with Crippen molar-refractivity contribution in [3.05, 3.63) is 35.1 Å². The van der Waals surface area contributed by atoms with Crippen LogP contribution in [0.3, 0.4) is 0 Å². The maximum Gasteiger partial charge on any atom is 0.317 e. The van der Waals surface area contributed by atoms with Gasteiger partial charge in [-0.1, -0.05) is 0 Å². The van der Waals surface area contributed by atoms with Crippen LogP contribution in [0.1, 0.15) is 10.4 Å². The van der Waals surface area contributed by atoms with Crippen molar-refractivity contribution in [2.75, 3.05) is 39.8 Å². The Balaban J connectivity index is 2.03. The number of likely N-dealkylation sites (N-methyl/N-ethyl adjacent to an activating group) is 1. The molecule has 1 heterocycles. The summed E-state index contributed by atoms with van der Waals surface area (Å²) in [5.74, 6) is -6.10. The molecular weight excluding hydrogens is 329 g/mol. The van der Waals surface area contributed by atoms with Gasteiger partial charge in [0.15, 0.2) is 17.5 Å². The molecule has 1 amide bonds. The molecule has 1 fully saturated rings. The van der Waals surface area contributed by atoms with E-state index in [0.29, 0.717) is 12.1 Å². The summed E-state index contributed by atoms with van der Waals surface area (Å²) < 4.78 is 45.0. The average molecular weight is 346 g/mol. The number of hydrogen-bond donors (Lipinski definition) is 1. The fraction of sp³-hybridized carbons (Fsp3) is 0.467. The molecule has 1 aromatic carbocycles. The number of carbonyl (C=O) groups is 2. The van der Waals surface area contributed by atoms with Crippen molar-refractivity contribution in [1.82, 2.24) is 9.80 Å². The molecule has 1 aliphatic heterocycles. The standard InChI is InChI=1S/C15H17F3N2O4/c1-19(8-13(21)22)6-10-7-20(2-3-24-10)15(23)9-4-11(16)14(18)12(17)5-9/h4-5,10H,2-3,6-8H2,1H3,(H,21,22). The first-order valence-corrected chi connectivity index (χ1v) is 7.23. The quantitative estimate of drug-likeness (QED) is 0.805. The molecule has 132 valence electrons. The van der Waals surface area contributed by atoms with E-state index >= 15 is 0 Å². The predicted molar refractivity (Wildman–Crippen MR) is 77.1 cm³/mol. The smallest absolute Gasteiger partial charge is 0.317 e. The van der Waals surface area contributed by atoms with Gasteiger partial charge >= 0.3 is 5.97 Å². The Bertz CT molecular complexity index is 618. The first-order valence-electron chi connectivity index (χ1n) is 7.23. The Kier molecular flexibility index (Phi) is 5.79. The van der Waals surface area contributed by atoms with Crippen molar-refractivity contribution < 1.29 is 32.6 Å². The highest BCUT2D eigenvalue weighted by atomic mass is 19.2. The number of amides is 1. The average Bonchev–Trinajstić information content (AvgIpc) is 2.50. The van der Waals surface area contributed by atoms with Crippen LogP contribution in [0.4, 0.5) is 13.2 Å². The Hall–Kier alpha value is -2.13. The van der Waals surface area contributed by atoms with E-state index < -0.39 is 35.4 Å². The van der Waals surface area contributed by atoms with Crippen molar-refractivity contribution in [2.24, 2.45) is 0 Å². The molecule has 0 radical (unpaired) electrons. The number of aliphatic carboxylic acids is 1. The number of halogens is 3. The lowest BCUT2D eigenvalue weighted by atomic mass is 10.1. The topological polar surface area (TPSA) is 70.1 Å². The summed E-state index contributed by atoms with van der Waals surface area (Å²) in [5, 5.41) is 8.73. The molecule has 2 rings (SSSR count). The summed E-state index contributed by atoms with van der Waals surface area (Å²) in [6.45, 7) is 0.676. The Morgan fingerprint density at radius 3 is 2.54 bits per heavy atom. The van der Waals surface area contributed by atoms with Crippen LogP contribution in [0.2, 0.25) is 0 Å². The van der Waals surface area contributed by atoms with Gasteiger partial charge in [-0.25, -0.2) is 13.2 Å². The molecule has 0 saturated carbocycles. The van der Waals surface area contributed by atoms with Gasteiger partial charge in [-0.15, -0.1) is 0 Å². The van der Waals surface area contributed by atoms with E-state index in [4.69, 9.17) is 9.84 Å². The summed E-state index contributed by atoms with van der Waals surface area (Å²) in [5.41, 5.74) is -0.286. The van der Waals surface area contributed by atoms with Crippen LogP contribution in [0.15, 0.2) is 12.1 Å². The zero-order chi connectivity index (χ0) is 17.9. The number of carboxylic acids is 1. The SMILES string of the molecule is CN(CC(=O)O)CC1CN(C(=O)c2cc(F)c(F)c(F)c2)CCO1. The number of ether oxygens (including phenoxy) is 1. The van der Waals surface area contributed by atoms with E-state index in [1.54, 1.807) is 7.05 Å². The normalized spacial score (nSPS) is 18.0. The second-order valence-corrected chi connectivity index (χ2v) is 5.59. The maximum absolute atomic E-state index is 13.3. The van der Waals surface area contributed by atoms with E-state index in [1.165, 1.54) is 9.80 Å². The van der Waals surface area contributed by atoms with Gasteiger partial charge in [0, 0.05) is 25.2 Å². The third kappa shape index (κ3) is 4.45. The second kappa shape index (κ2) is 7.63.